The van der Waals surface area contributed by atoms with Crippen molar-refractivity contribution in [2.24, 2.45) is 10.9 Å². The predicted octanol–water partition coefficient (Wildman–Crippen LogP) is 4.36. The van der Waals surface area contributed by atoms with Crippen molar-refractivity contribution in [2.45, 2.75) is 51.6 Å². The summed E-state index contributed by atoms with van der Waals surface area (Å²) in [7, 11) is 2.48. The van der Waals surface area contributed by atoms with Gasteiger partial charge in [0, 0.05) is 6.08 Å². The van der Waals surface area contributed by atoms with Gasteiger partial charge in [-0.15, -0.1) is 11.8 Å². The molecule has 2 rings (SSSR count). The average molecular weight is 462 g/mol. The number of para-hydroxylation sites is 1. The number of hydrogen-bond acceptors (Lipinski definition) is 8. The fourth-order valence-electron chi connectivity index (χ4n) is 3.68. The molecule has 0 fully saturated rings. The van der Waals surface area contributed by atoms with E-state index in [2.05, 4.69) is 0 Å². The van der Waals surface area contributed by atoms with Crippen LogP contribution in [0, 0.1) is 5.92 Å². The Balaban J connectivity index is 2.51. The molecule has 32 heavy (non-hydrogen) atoms. The van der Waals surface area contributed by atoms with Gasteiger partial charge in [-0.25, -0.2) is 9.79 Å². The summed E-state index contributed by atoms with van der Waals surface area (Å²) in [6.45, 7) is 7.41. The maximum atomic E-state index is 12.5. The highest BCUT2D eigenvalue weighted by atomic mass is 32.2. The van der Waals surface area contributed by atoms with Gasteiger partial charge >= 0.3 is 17.9 Å². The molecule has 0 N–H and O–H groups in total. The van der Waals surface area contributed by atoms with Gasteiger partial charge in [0.05, 0.1) is 30.4 Å². The fourth-order valence-corrected chi connectivity index (χ4v) is 4.67. The Morgan fingerprint density at radius 2 is 1.75 bits per heavy atom. The smallest absolute Gasteiger partial charge is 0.330 e. The molecule has 1 atom stereocenters. The third-order valence-corrected chi connectivity index (χ3v) is 6.03. The van der Waals surface area contributed by atoms with E-state index in [1.807, 2.05) is 31.2 Å². The number of thioether (sulfide) groups is 1. The van der Waals surface area contributed by atoms with E-state index < -0.39 is 34.8 Å². The SMILES string of the molecule is CCSC1=Nc2ccccc2C1(CC=CC(=O)OC(C)(C)C)CC(C(=O)OC)C(=O)OC. The summed E-state index contributed by atoms with van der Waals surface area (Å²) in [4.78, 5) is 42.0. The molecule has 1 aliphatic heterocycles. The van der Waals surface area contributed by atoms with Gasteiger partial charge in [-0.05, 0) is 51.0 Å². The Bertz CT molecular complexity index is 901. The second-order valence-electron chi connectivity index (χ2n) is 8.39. The number of ether oxygens (including phenoxy) is 3. The second-order valence-corrected chi connectivity index (χ2v) is 9.64. The van der Waals surface area contributed by atoms with Gasteiger partial charge in [-0.1, -0.05) is 31.2 Å². The highest BCUT2D eigenvalue weighted by Crippen LogP contribution is 2.49. The number of carbonyl (C=O) groups excluding carboxylic acids is 3. The van der Waals surface area contributed by atoms with E-state index in [0.29, 0.717) is 6.42 Å². The highest BCUT2D eigenvalue weighted by molar-refractivity contribution is 8.14. The number of fused-ring (bicyclic) bond motifs is 1. The molecule has 1 aromatic rings. The van der Waals surface area contributed by atoms with Crippen molar-refractivity contribution in [1.29, 1.82) is 0 Å². The first-order valence-corrected chi connectivity index (χ1v) is 11.4. The Labute approximate surface area is 193 Å². The van der Waals surface area contributed by atoms with Crippen LogP contribution in [0.5, 0.6) is 0 Å². The number of rotatable bonds is 8. The quantitative estimate of drug-likeness (QED) is 0.246. The van der Waals surface area contributed by atoms with Gasteiger partial charge in [0.1, 0.15) is 5.60 Å². The van der Waals surface area contributed by atoms with Crippen LogP contribution >= 0.6 is 11.8 Å². The number of methoxy groups -OCH3 is 2. The Kier molecular flexibility index (Phi) is 8.66. The minimum absolute atomic E-state index is 0.105. The molecule has 174 valence electrons. The minimum Gasteiger partial charge on any atom is -0.468 e. The second kappa shape index (κ2) is 10.8. The first-order chi connectivity index (χ1) is 15.1. The van der Waals surface area contributed by atoms with Crippen LogP contribution in [-0.2, 0) is 34.0 Å². The van der Waals surface area contributed by atoms with Crippen LogP contribution in [0.1, 0.15) is 46.1 Å². The van der Waals surface area contributed by atoms with Crippen molar-refractivity contribution in [3.05, 3.63) is 42.0 Å². The molecule has 8 heteroatoms. The molecule has 0 aromatic heterocycles. The Hall–Kier alpha value is -2.61. The summed E-state index contributed by atoms with van der Waals surface area (Å²) in [5.41, 5.74) is 0.276. The molecule has 1 unspecified atom stereocenters. The number of benzene rings is 1. The molecule has 0 spiro atoms. The molecule has 0 radical (unpaired) electrons. The molecule has 7 nitrogen and oxygen atoms in total. The van der Waals surface area contributed by atoms with Gasteiger partial charge in [0.2, 0.25) is 0 Å². The lowest BCUT2D eigenvalue weighted by Gasteiger charge is -2.33. The number of nitrogens with zero attached hydrogens (tertiary/aromatic N) is 1. The van der Waals surface area contributed by atoms with Crippen molar-refractivity contribution in [3.8, 4) is 0 Å². The zero-order valence-electron chi connectivity index (χ0n) is 19.5. The zero-order valence-corrected chi connectivity index (χ0v) is 20.3. The first-order valence-electron chi connectivity index (χ1n) is 10.4. The Morgan fingerprint density at radius 3 is 2.31 bits per heavy atom. The van der Waals surface area contributed by atoms with Crippen LogP contribution in [0.3, 0.4) is 0 Å². The monoisotopic (exact) mass is 461 g/mol. The largest absolute Gasteiger partial charge is 0.468 e. The van der Waals surface area contributed by atoms with Gasteiger partial charge < -0.3 is 14.2 Å². The maximum Gasteiger partial charge on any atom is 0.330 e. The summed E-state index contributed by atoms with van der Waals surface area (Å²) in [5.74, 6) is -2.17. The zero-order chi connectivity index (χ0) is 23.9. The number of allylic oxidation sites excluding steroid dienone is 1. The molecule has 0 saturated carbocycles. The van der Waals surface area contributed by atoms with Crippen molar-refractivity contribution in [3.63, 3.8) is 0 Å². The van der Waals surface area contributed by atoms with Gasteiger partial charge in [0.15, 0.2) is 5.92 Å². The van der Waals surface area contributed by atoms with Crippen LogP contribution in [0.4, 0.5) is 5.69 Å². The van der Waals surface area contributed by atoms with E-state index in [4.69, 9.17) is 19.2 Å². The van der Waals surface area contributed by atoms with E-state index >= 15 is 0 Å². The molecule has 0 aliphatic carbocycles. The van der Waals surface area contributed by atoms with E-state index in [0.717, 1.165) is 22.0 Å². The van der Waals surface area contributed by atoms with Crippen LogP contribution in [0.25, 0.3) is 0 Å². The van der Waals surface area contributed by atoms with E-state index in [1.54, 1.807) is 38.6 Å². The third kappa shape index (κ3) is 6.00. The standard InChI is InChI=1S/C24H31NO6S/c1-7-32-22-24(17-11-8-9-12-18(17)25-22,14-10-13-19(26)31-23(2,3)4)15-16(20(27)29-5)21(28)30-6/h8-13,16H,7,14-15H2,1-6H3. The number of esters is 3. The van der Waals surface area contributed by atoms with Crippen molar-refractivity contribution < 1.29 is 28.6 Å². The van der Waals surface area contributed by atoms with E-state index in [-0.39, 0.29) is 6.42 Å². The predicted molar refractivity (Wildman–Crippen MR) is 125 cm³/mol. The van der Waals surface area contributed by atoms with Crippen LogP contribution in [-0.4, -0.2) is 48.5 Å². The van der Waals surface area contributed by atoms with Gasteiger partial charge in [0.25, 0.3) is 0 Å². The topological polar surface area (TPSA) is 91.3 Å². The van der Waals surface area contributed by atoms with Crippen LogP contribution < -0.4 is 0 Å². The summed E-state index contributed by atoms with van der Waals surface area (Å²) in [6.07, 6.45) is 3.55. The molecule has 0 saturated heterocycles. The third-order valence-electron chi connectivity index (χ3n) is 4.98. The first kappa shape index (κ1) is 25.6. The summed E-state index contributed by atoms with van der Waals surface area (Å²) < 4.78 is 15.1. The molecule has 1 heterocycles. The molecule has 1 aliphatic rings. The molecule has 0 amide bonds. The van der Waals surface area contributed by atoms with Gasteiger partial charge in [-0.3, -0.25) is 9.59 Å². The van der Waals surface area contributed by atoms with Crippen LogP contribution in [0.2, 0.25) is 0 Å². The Morgan fingerprint density at radius 1 is 1.12 bits per heavy atom. The molecule has 1 aromatic carbocycles. The number of hydrogen-bond donors (Lipinski definition) is 0. The van der Waals surface area contributed by atoms with Crippen LogP contribution in [0.15, 0.2) is 41.4 Å². The maximum absolute atomic E-state index is 12.5. The summed E-state index contributed by atoms with van der Waals surface area (Å²) >= 11 is 1.55. The molecule has 0 bridgehead atoms. The lowest BCUT2D eigenvalue weighted by molar-refractivity contribution is -0.159. The number of aliphatic imine (C=N–C) groups is 1. The number of carbonyl (C=O) groups is 3. The highest BCUT2D eigenvalue weighted by Gasteiger charge is 2.47. The van der Waals surface area contributed by atoms with E-state index in [1.165, 1.54) is 20.3 Å². The lowest BCUT2D eigenvalue weighted by atomic mass is 9.72. The van der Waals surface area contributed by atoms with Gasteiger partial charge in [-0.2, -0.15) is 0 Å². The average Bonchev–Trinajstić information content (AvgIpc) is 3.03. The van der Waals surface area contributed by atoms with Crippen molar-refractivity contribution >= 4 is 40.4 Å². The fraction of sp³-hybridized carbons (Fsp3) is 0.500. The lowest BCUT2D eigenvalue weighted by Crippen LogP contribution is -2.39. The van der Waals surface area contributed by atoms with Crippen molar-refractivity contribution in [1.82, 2.24) is 0 Å². The minimum atomic E-state index is -1.13. The van der Waals surface area contributed by atoms with Crippen molar-refractivity contribution in [2.75, 3.05) is 20.0 Å². The molecular formula is C24H31NO6S. The normalized spacial score (nSPS) is 17.8. The summed E-state index contributed by atoms with van der Waals surface area (Å²) in [6, 6.07) is 7.62. The summed E-state index contributed by atoms with van der Waals surface area (Å²) in [5, 5.41) is 0.785. The van der Waals surface area contributed by atoms with E-state index in [9.17, 15) is 14.4 Å². The molecular weight excluding hydrogens is 430 g/mol.